The van der Waals surface area contributed by atoms with Gasteiger partial charge in [-0.15, -0.1) is 0 Å². The third-order valence-corrected chi connectivity index (χ3v) is 5.46. The molecule has 0 radical (unpaired) electrons. The molecule has 186 valence electrons. The summed E-state index contributed by atoms with van der Waals surface area (Å²) in [7, 11) is 0. The smallest absolute Gasteiger partial charge is 0.256 e. The Labute approximate surface area is 198 Å². The molecule has 1 aromatic heterocycles. The van der Waals surface area contributed by atoms with Crippen LogP contribution in [0.3, 0.4) is 0 Å². The molecule has 1 nitrogen and oxygen atoms in total. The molecular formula is C26H14F9N. The first-order valence-electron chi connectivity index (χ1n) is 10.3. The predicted molar refractivity (Wildman–Crippen MR) is 116 cm³/mol. The summed E-state index contributed by atoms with van der Waals surface area (Å²) in [6, 6.07) is 14.0. The van der Waals surface area contributed by atoms with Crippen LogP contribution >= 0.6 is 0 Å². The van der Waals surface area contributed by atoms with Crippen molar-refractivity contribution in [2.45, 2.75) is 18.5 Å². The third-order valence-electron chi connectivity index (χ3n) is 5.46. The van der Waals surface area contributed by atoms with Crippen LogP contribution in [0.5, 0.6) is 0 Å². The minimum absolute atomic E-state index is 0.231. The summed E-state index contributed by atoms with van der Waals surface area (Å²) >= 11 is 0. The van der Waals surface area contributed by atoms with E-state index in [2.05, 4.69) is 4.98 Å². The highest BCUT2D eigenvalue weighted by Crippen LogP contribution is 2.38. The van der Waals surface area contributed by atoms with E-state index < -0.39 is 35.2 Å². The Kier molecular flexibility index (Phi) is 6.32. The van der Waals surface area contributed by atoms with Crippen molar-refractivity contribution in [3.63, 3.8) is 0 Å². The monoisotopic (exact) mass is 511 g/mol. The maximum Gasteiger partial charge on any atom is 0.416 e. The number of halogens is 9. The highest BCUT2D eigenvalue weighted by atomic mass is 19.4. The molecule has 0 unspecified atom stereocenters. The molecule has 10 heteroatoms. The highest BCUT2D eigenvalue weighted by Gasteiger charge is 2.32. The van der Waals surface area contributed by atoms with Gasteiger partial charge in [-0.2, -0.15) is 39.5 Å². The molecule has 0 N–H and O–H groups in total. The molecule has 0 aliphatic carbocycles. The van der Waals surface area contributed by atoms with Crippen molar-refractivity contribution in [3.05, 3.63) is 102 Å². The van der Waals surface area contributed by atoms with Crippen LogP contribution in [0.2, 0.25) is 0 Å². The second-order valence-corrected chi connectivity index (χ2v) is 7.84. The number of rotatable bonds is 3. The summed E-state index contributed by atoms with van der Waals surface area (Å²) in [5, 5.41) is 0. The summed E-state index contributed by atoms with van der Waals surface area (Å²) in [5.74, 6) is 0. The molecule has 0 amide bonds. The van der Waals surface area contributed by atoms with Gasteiger partial charge in [0.15, 0.2) is 0 Å². The summed E-state index contributed by atoms with van der Waals surface area (Å²) in [6.45, 7) is 0. The van der Waals surface area contributed by atoms with Crippen LogP contribution in [-0.2, 0) is 18.5 Å². The lowest BCUT2D eigenvalue weighted by molar-refractivity contribution is -0.138. The lowest BCUT2D eigenvalue weighted by atomic mass is 9.93. The van der Waals surface area contributed by atoms with Gasteiger partial charge in [-0.25, -0.2) is 0 Å². The normalized spacial score (nSPS) is 12.6. The number of aromatic nitrogens is 1. The van der Waals surface area contributed by atoms with Crippen molar-refractivity contribution < 1.29 is 39.5 Å². The quantitative estimate of drug-likeness (QED) is 0.250. The van der Waals surface area contributed by atoms with E-state index in [4.69, 9.17) is 0 Å². The summed E-state index contributed by atoms with van der Waals surface area (Å²) in [4.78, 5) is 4.25. The molecule has 3 aromatic carbocycles. The molecular weight excluding hydrogens is 497 g/mol. The van der Waals surface area contributed by atoms with Crippen molar-refractivity contribution in [2.24, 2.45) is 0 Å². The fourth-order valence-corrected chi connectivity index (χ4v) is 3.59. The fraction of sp³-hybridized carbons (Fsp3) is 0.115. The first-order valence-corrected chi connectivity index (χ1v) is 10.3. The van der Waals surface area contributed by atoms with Crippen molar-refractivity contribution in [1.29, 1.82) is 0 Å². The third kappa shape index (κ3) is 5.37. The largest absolute Gasteiger partial charge is 0.416 e. The molecule has 0 bridgehead atoms. The average molecular weight is 511 g/mol. The van der Waals surface area contributed by atoms with Crippen molar-refractivity contribution in [3.8, 4) is 33.5 Å². The Bertz CT molecular complexity index is 1350. The van der Waals surface area contributed by atoms with E-state index in [1.54, 1.807) is 0 Å². The van der Waals surface area contributed by atoms with Crippen LogP contribution in [0.25, 0.3) is 33.5 Å². The molecule has 0 aliphatic heterocycles. The standard InChI is InChI=1S/C26H14F9N/c27-24(28,29)18-7-1-15(2-8-18)21-13-23(17-5-11-20(12-6-17)26(33,34)35)36-14-22(21)16-3-9-19(10-4-16)25(30,31)32/h1-14H. The number of benzene rings is 3. The van der Waals surface area contributed by atoms with Gasteiger partial charge in [-0.3, -0.25) is 4.98 Å². The van der Waals surface area contributed by atoms with Gasteiger partial charge >= 0.3 is 18.5 Å². The van der Waals surface area contributed by atoms with Crippen LogP contribution < -0.4 is 0 Å². The lowest BCUT2D eigenvalue weighted by Gasteiger charge is -2.15. The van der Waals surface area contributed by atoms with E-state index in [-0.39, 0.29) is 5.69 Å². The van der Waals surface area contributed by atoms with Crippen molar-refractivity contribution in [2.75, 3.05) is 0 Å². The molecule has 0 fully saturated rings. The Balaban J connectivity index is 1.83. The summed E-state index contributed by atoms with van der Waals surface area (Å²) < 4.78 is 117. The fourth-order valence-electron chi connectivity index (χ4n) is 3.59. The Morgan fingerprint density at radius 2 is 0.750 bits per heavy atom. The van der Waals surface area contributed by atoms with Crippen molar-refractivity contribution in [1.82, 2.24) is 4.98 Å². The van der Waals surface area contributed by atoms with E-state index in [0.29, 0.717) is 27.8 Å². The maximum atomic E-state index is 13.0. The Morgan fingerprint density at radius 3 is 1.11 bits per heavy atom. The number of hydrogen-bond acceptors (Lipinski definition) is 1. The van der Waals surface area contributed by atoms with Gasteiger partial charge in [0.25, 0.3) is 0 Å². The number of hydrogen-bond donors (Lipinski definition) is 0. The molecule has 0 saturated carbocycles. The van der Waals surface area contributed by atoms with Gasteiger partial charge in [-0.05, 0) is 59.2 Å². The van der Waals surface area contributed by atoms with Gasteiger partial charge < -0.3 is 0 Å². The van der Waals surface area contributed by atoms with Crippen LogP contribution in [0.1, 0.15) is 16.7 Å². The van der Waals surface area contributed by atoms with Gasteiger partial charge in [0, 0.05) is 17.3 Å². The number of pyridine rings is 1. The van der Waals surface area contributed by atoms with Crippen LogP contribution in [0.15, 0.2) is 85.1 Å². The van der Waals surface area contributed by atoms with E-state index >= 15 is 0 Å². The van der Waals surface area contributed by atoms with Gasteiger partial charge in [0.1, 0.15) is 0 Å². The minimum atomic E-state index is -4.57. The lowest BCUT2D eigenvalue weighted by Crippen LogP contribution is -2.04. The number of alkyl halides is 9. The second-order valence-electron chi connectivity index (χ2n) is 7.84. The SMILES string of the molecule is FC(F)(F)c1ccc(-c2cc(-c3ccc(C(F)(F)F)cc3)c(-c3ccc(C(F)(F)F)cc3)cn2)cc1. The summed E-state index contributed by atoms with van der Waals surface area (Å²) in [5.41, 5.74) is -0.777. The van der Waals surface area contributed by atoms with E-state index in [1.807, 2.05) is 0 Å². The van der Waals surface area contributed by atoms with E-state index in [9.17, 15) is 39.5 Å². The van der Waals surface area contributed by atoms with E-state index in [0.717, 1.165) is 36.4 Å². The Hall–Kier alpha value is -3.82. The molecule has 0 atom stereocenters. The second kappa shape index (κ2) is 9.00. The molecule has 0 saturated heterocycles. The van der Waals surface area contributed by atoms with E-state index in [1.165, 1.54) is 48.7 Å². The topological polar surface area (TPSA) is 12.9 Å². The maximum absolute atomic E-state index is 13.0. The first kappa shape index (κ1) is 25.3. The molecule has 36 heavy (non-hydrogen) atoms. The molecule has 4 rings (SSSR count). The summed E-state index contributed by atoms with van der Waals surface area (Å²) in [6.07, 6.45) is -12.3. The molecule has 0 aliphatic rings. The van der Waals surface area contributed by atoms with Crippen molar-refractivity contribution >= 4 is 0 Å². The zero-order chi connectivity index (χ0) is 26.3. The number of nitrogens with zero attached hydrogens (tertiary/aromatic N) is 1. The van der Waals surface area contributed by atoms with Crippen LogP contribution in [0, 0.1) is 0 Å². The molecule has 4 aromatic rings. The Morgan fingerprint density at radius 1 is 0.417 bits per heavy atom. The predicted octanol–water partition coefficient (Wildman–Crippen LogP) is 9.14. The molecule has 0 spiro atoms. The average Bonchev–Trinajstić information content (AvgIpc) is 2.82. The first-order chi connectivity index (χ1) is 16.7. The molecule has 1 heterocycles. The zero-order valence-corrected chi connectivity index (χ0v) is 17.9. The zero-order valence-electron chi connectivity index (χ0n) is 17.9. The van der Waals surface area contributed by atoms with Crippen LogP contribution in [-0.4, -0.2) is 4.98 Å². The van der Waals surface area contributed by atoms with Gasteiger partial charge in [-0.1, -0.05) is 36.4 Å². The van der Waals surface area contributed by atoms with Crippen LogP contribution in [0.4, 0.5) is 39.5 Å². The van der Waals surface area contributed by atoms with Gasteiger partial charge in [0.05, 0.1) is 22.4 Å². The van der Waals surface area contributed by atoms with Gasteiger partial charge in [0.2, 0.25) is 0 Å². The highest BCUT2D eigenvalue weighted by molar-refractivity contribution is 5.85. The minimum Gasteiger partial charge on any atom is -0.256 e.